The summed E-state index contributed by atoms with van der Waals surface area (Å²) in [6.45, 7) is 2.34. The van der Waals surface area contributed by atoms with Crippen LogP contribution < -0.4 is 5.32 Å². The Morgan fingerprint density at radius 1 is 1.33 bits per heavy atom. The number of hydrogen-bond acceptors (Lipinski definition) is 3. The molecule has 1 aromatic rings. The van der Waals surface area contributed by atoms with Crippen molar-refractivity contribution < 1.29 is 0 Å². The number of rotatable bonds is 2. The van der Waals surface area contributed by atoms with Crippen molar-refractivity contribution in [2.75, 3.05) is 5.32 Å². The van der Waals surface area contributed by atoms with Gasteiger partial charge in [0.05, 0.1) is 3.57 Å². The van der Waals surface area contributed by atoms with E-state index in [1.807, 2.05) is 6.20 Å². The smallest absolute Gasteiger partial charge is 0.143 e. The van der Waals surface area contributed by atoms with Crippen molar-refractivity contribution in [2.24, 2.45) is 5.92 Å². The third kappa shape index (κ3) is 3.03. The maximum Gasteiger partial charge on any atom is 0.143 e. The molecule has 0 amide bonds. The standard InChI is InChI=1S/C11H16IN3/c1-8-2-4-9(5-3-8)15-11-10(12)6-13-7-14-11/h6-9H,2-5H2,1H3,(H,13,14,15). The van der Waals surface area contributed by atoms with E-state index in [2.05, 4.69) is 44.8 Å². The average molecular weight is 317 g/mol. The Bertz CT molecular complexity index is 321. The van der Waals surface area contributed by atoms with Crippen LogP contribution in [0.5, 0.6) is 0 Å². The van der Waals surface area contributed by atoms with Gasteiger partial charge in [0, 0.05) is 12.2 Å². The molecule has 0 spiro atoms. The predicted octanol–water partition coefficient (Wildman–Crippen LogP) is 3.07. The Kier molecular flexibility index (Phi) is 3.77. The molecule has 1 aromatic heterocycles. The molecule has 1 N–H and O–H groups in total. The molecule has 1 heterocycles. The Balaban J connectivity index is 1.95. The highest BCUT2D eigenvalue weighted by Gasteiger charge is 2.18. The van der Waals surface area contributed by atoms with Crippen LogP contribution in [0, 0.1) is 9.49 Å². The summed E-state index contributed by atoms with van der Waals surface area (Å²) < 4.78 is 1.11. The van der Waals surface area contributed by atoms with Gasteiger partial charge in [-0.3, -0.25) is 0 Å². The number of nitrogens with one attached hydrogen (secondary N) is 1. The van der Waals surface area contributed by atoms with E-state index in [0.717, 1.165) is 15.3 Å². The van der Waals surface area contributed by atoms with Gasteiger partial charge >= 0.3 is 0 Å². The van der Waals surface area contributed by atoms with Crippen LogP contribution in [0.25, 0.3) is 0 Å². The second-order valence-electron chi connectivity index (χ2n) is 4.32. The first kappa shape index (κ1) is 11.1. The topological polar surface area (TPSA) is 37.8 Å². The molecule has 0 aromatic carbocycles. The minimum absolute atomic E-state index is 0.601. The van der Waals surface area contributed by atoms with Crippen LogP contribution >= 0.6 is 22.6 Å². The monoisotopic (exact) mass is 317 g/mol. The molecular weight excluding hydrogens is 301 g/mol. The number of hydrogen-bond donors (Lipinski definition) is 1. The van der Waals surface area contributed by atoms with Crippen LogP contribution in [-0.2, 0) is 0 Å². The second kappa shape index (κ2) is 5.09. The van der Waals surface area contributed by atoms with Gasteiger partial charge in [0.2, 0.25) is 0 Å². The van der Waals surface area contributed by atoms with Crippen LogP contribution in [-0.4, -0.2) is 16.0 Å². The molecule has 3 nitrogen and oxygen atoms in total. The van der Waals surface area contributed by atoms with Crippen molar-refractivity contribution >= 4 is 28.4 Å². The van der Waals surface area contributed by atoms with Gasteiger partial charge in [-0.2, -0.15) is 0 Å². The van der Waals surface area contributed by atoms with Crippen molar-refractivity contribution in [3.05, 3.63) is 16.1 Å². The maximum absolute atomic E-state index is 4.26. The zero-order valence-electron chi connectivity index (χ0n) is 8.91. The molecule has 1 fully saturated rings. The van der Waals surface area contributed by atoms with Crippen LogP contribution in [0.2, 0.25) is 0 Å². The summed E-state index contributed by atoms with van der Waals surface area (Å²) in [5, 5.41) is 3.51. The minimum Gasteiger partial charge on any atom is -0.366 e. The molecule has 0 aliphatic heterocycles. The van der Waals surface area contributed by atoms with Gasteiger partial charge < -0.3 is 5.32 Å². The summed E-state index contributed by atoms with van der Waals surface area (Å²) in [6, 6.07) is 0.601. The highest BCUT2D eigenvalue weighted by atomic mass is 127. The maximum atomic E-state index is 4.26. The first-order valence-electron chi connectivity index (χ1n) is 5.47. The summed E-state index contributed by atoms with van der Waals surface area (Å²) in [7, 11) is 0. The van der Waals surface area contributed by atoms with E-state index in [9.17, 15) is 0 Å². The molecule has 1 aliphatic rings. The highest BCUT2D eigenvalue weighted by molar-refractivity contribution is 14.1. The Morgan fingerprint density at radius 3 is 2.73 bits per heavy atom. The van der Waals surface area contributed by atoms with Crippen molar-refractivity contribution in [2.45, 2.75) is 38.6 Å². The summed E-state index contributed by atoms with van der Waals surface area (Å²) in [4.78, 5) is 8.25. The van der Waals surface area contributed by atoms with E-state index < -0.39 is 0 Å². The molecule has 4 heteroatoms. The molecule has 0 radical (unpaired) electrons. The molecular formula is C11H16IN3. The summed E-state index contributed by atoms with van der Waals surface area (Å²) in [5.41, 5.74) is 0. The van der Waals surface area contributed by atoms with Gasteiger partial charge in [0.1, 0.15) is 12.1 Å². The zero-order chi connectivity index (χ0) is 10.7. The molecule has 0 atom stereocenters. The lowest BCUT2D eigenvalue weighted by Gasteiger charge is -2.27. The average Bonchev–Trinajstić information content (AvgIpc) is 2.25. The Hall–Kier alpha value is -0.390. The molecule has 2 rings (SSSR count). The van der Waals surface area contributed by atoms with Crippen LogP contribution in [0.15, 0.2) is 12.5 Å². The van der Waals surface area contributed by atoms with E-state index in [0.29, 0.717) is 6.04 Å². The van der Waals surface area contributed by atoms with Crippen molar-refractivity contribution in [3.63, 3.8) is 0 Å². The summed E-state index contributed by atoms with van der Waals surface area (Å²) in [5.74, 6) is 1.89. The van der Waals surface area contributed by atoms with Gasteiger partial charge in [-0.1, -0.05) is 6.92 Å². The predicted molar refractivity (Wildman–Crippen MR) is 69.8 cm³/mol. The molecule has 0 bridgehead atoms. The number of halogens is 1. The van der Waals surface area contributed by atoms with Crippen LogP contribution in [0.4, 0.5) is 5.82 Å². The summed E-state index contributed by atoms with van der Waals surface area (Å²) >= 11 is 2.27. The quantitative estimate of drug-likeness (QED) is 0.852. The fraction of sp³-hybridized carbons (Fsp3) is 0.636. The molecule has 1 saturated carbocycles. The van der Waals surface area contributed by atoms with E-state index in [1.54, 1.807) is 6.33 Å². The number of anilines is 1. The largest absolute Gasteiger partial charge is 0.366 e. The fourth-order valence-electron chi connectivity index (χ4n) is 2.02. The van der Waals surface area contributed by atoms with E-state index >= 15 is 0 Å². The SMILES string of the molecule is CC1CCC(Nc2ncncc2I)CC1. The third-order valence-electron chi connectivity index (χ3n) is 3.02. The fourth-order valence-corrected chi connectivity index (χ4v) is 2.47. The Morgan fingerprint density at radius 2 is 2.07 bits per heavy atom. The van der Waals surface area contributed by atoms with Crippen molar-refractivity contribution in [3.8, 4) is 0 Å². The van der Waals surface area contributed by atoms with Crippen molar-refractivity contribution in [1.82, 2.24) is 9.97 Å². The zero-order valence-corrected chi connectivity index (χ0v) is 11.1. The van der Waals surface area contributed by atoms with E-state index in [1.165, 1.54) is 25.7 Å². The molecule has 0 unspecified atom stereocenters. The molecule has 1 aliphatic carbocycles. The van der Waals surface area contributed by atoms with Gasteiger partial charge in [0.15, 0.2) is 0 Å². The second-order valence-corrected chi connectivity index (χ2v) is 5.48. The lowest BCUT2D eigenvalue weighted by Crippen LogP contribution is -2.26. The minimum atomic E-state index is 0.601. The van der Waals surface area contributed by atoms with Gasteiger partial charge in [-0.05, 0) is 54.2 Å². The Labute approximate surface area is 104 Å². The lowest BCUT2D eigenvalue weighted by atomic mass is 9.87. The summed E-state index contributed by atoms with van der Waals surface area (Å²) in [6.07, 6.45) is 8.65. The van der Waals surface area contributed by atoms with Gasteiger partial charge in [0.25, 0.3) is 0 Å². The van der Waals surface area contributed by atoms with Gasteiger partial charge in [-0.25, -0.2) is 9.97 Å². The van der Waals surface area contributed by atoms with E-state index in [4.69, 9.17) is 0 Å². The van der Waals surface area contributed by atoms with E-state index in [-0.39, 0.29) is 0 Å². The number of nitrogens with zero attached hydrogens (tertiary/aromatic N) is 2. The molecule has 0 saturated heterocycles. The lowest BCUT2D eigenvalue weighted by molar-refractivity contribution is 0.360. The van der Waals surface area contributed by atoms with Gasteiger partial charge in [-0.15, -0.1) is 0 Å². The van der Waals surface area contributed by atoms with Crippen molar-refractivity contribution in [1.29, 1.82) is 0 Å². The highest BCUT2D eigenvalue weighted by Crippen LogP contribution is 2.26. The van der Waals surface area contributed by atoms with Crippen LogP contribution in [0.1, 0.15) is 32.6 Å². The van der Waals surface area contributed by atoms with Crippen LogP contribution in [0.3, 0.4) is 0 Å². The first-order chi connectivity index (χ1) is 7.25. The molecule has 82 valence electrons. The number of aromatic nitrogens is 2. The third-order valence-corrected chi connectivity index (χ3v) is 3.81. The first-order valence-corrected chi connectivity index (χ1v) is 6.55. The molecule has 15 heavy (non-hydrogen) atoms. The normalized spacial score (nSPS) is 26.3.